The average Bonchev–Trinajstić information content (AvgIpc) is 3.08. The molecule has 0 saturated carbocycles. The van der Waals surface area contributed by atoms with E-state index < -0.39 is 0 Å². The molecule has 0 spiro atoms. The van der Waals surface area contributed by atoms with Crippen molar-refractivity contribution in [3.63, 3.8) is 0 Å². The number of aromatic nitrogens is 2. The Labute approximate surface area is 129 Å². The molecular formula is C15H22N4OS. The van der Waals surface area contributed by atoms with Crippen molar-refractivity contribution in [1.29, 1.82) is 0 Å². The summed E-state index contributed by atoms with van der Waals surface area (Å²) in [7, 11) is 0. The van der Waals surface area contributed by atoms with Crippen LogP contribution in [0.5, 0.6) is 0 Å². The Balaban J connectivity index is 1.59. The van der Waals surface area contributed by atoms with Crippen LogP contribution in [0.1, 0.15) is 18.1 Å². The number of thiophene rings is 1. The van der Waals surface area contributed by atoms with Crippen LogP contribution in [0.3, 0.4) is 0 Å². The molecule has 1 atom stereocenters. The van der Waals surface area contributed by atoms with Gasteiger partial charge in [0.15, 0.2) is 0 Å². The number of aryl methyl sites for hydroxylation is 1. The summed E-state index contributed by atoms with van der Waals surface area (Å²) in [5, 5.41) is 14.5. The fraction of sp³-hybridized carbons (Fsp3) is 0.467. The molecule has 1 unspecified atom stereocenters. The molecule has 2 heterocycles. The van der Waals surface area contributed by atoms with Crippen LogP contribution in [0, 0.1) is 6.92 Å². The van der Waals surface area contributed by atoms with Gasteiger partial charge in [0, 0.05) is 18.8 Å². The van der Waals surface area contributed by atoms with Gasteiger partial charge < -0.3 is 10.6 Å². The molecule has 0 aliphatic heterocycles. The Morgan fingerprint density at radius 1 is 1.52 bits per heavy atom. The number of amides is 1. The predicted octanol–water partition coefficient (Wildman–Crippen LogP) is 1.59. The average molecular weight is 306 g/mol. The van der Waals surface area contributed by atoms with E-state index in [0.29, 0.717) is 13.1 Å². The molecule has 0 aliphatic rings. The summed E-state index contributed by atoms with van der Waals surface area (Å²) in [6.45, 7) is 5.85. The summed E-state index contributed by atoms with van der Waals surface area (Å²) in [5.41, 5.74) is 2.42. The van der Waals surface area contributed by atoms with Crippen LogP contribution >= 0.6 is 11.3 Å². The fourth-order valence-corrected chi connectivity index (χ4v) is 2.73. The van der Waals surface area contributed by atoms with E-state index in [-0.39, 0.29) is 11.9 Å². The second kappa shape index (κ2) is 7.95. The zero-order valence-electron chi connectivity index (χ0n) is 12.5. The number of carbonyl (C=O) groups excluding carboxylic acids is 1. The second-order valence-corrected chi connectivity index (χ2v) is 6.03. The molecule has 114 valence electrons. The van der Waals surface area contributed by atoms with Gasteiger partial charge in [0.05, 0.1) is 19.3 Å². The Bertz CT molecular complexity index is 550. The highest BCUT2D eigenvalue weighted by Gasteiger charge is 2.06. The van der Waals surface area contributed by atoms with Crippen LogP contribution in [0.25, 0.3) is 0 Å². The smallest absolute Gasteiger partial charge is 0.233 e. The van der Waals surface area contributed by atoms with Gasteiger partial charge in [0.1, 0.15) is 0 Å². The van der Waals surface area contributed by atoms with Gasteiger partial charge in [-0.2, -0.15) is 16.4 Å². The third-order valence-corrected chi connectivity index (χ3v) is 3.88. The number of rotatable bonds is 8. The van der Waals surface area contributed by atoms with Crippen molar-refractivity contribution in [1.82, 2.24) is 20.4 Å². The first-order chi connectivity index (χ1) is 10.1. The van der Waals surface area contributed by atoms with Gasteiger partial charge in [-0.15, -0.1) is 0 Å². The number of hydrogen-bond acceptors (Lipinski definition) is 4. The lowest BCUT2D eigenvalue weighted by Gasteiger charge is -2.13. The van der Waals surface area contributed by atoms with E-state index in [4.69, 9.17) is 0 Å². The largest absolute Gasteiger partial charge is 0.355 e. The van der Waals surface area contributed by atoms with E-state index in [1.54, 1.807) is 11.3 Å². The molecule has 1 amide bonds. The van der Waals surface area contributed by atoms with Gasteiger partial charge in [-0.25, -0.2) is 0 Å². The maximum Gasteiger partial charge on any atom is 0.233 e. The molecule has 5 nitrogen and oxygen atoms in total. The molecular weight excluding hydrogens is 284 g/mol. The van der Waals surface area contributed by atoms with Crippen molar-refractivity contribution < 1.29 is 4.79 Å². The van der Waals surface area contributed by atoms with E-state index in [2.05, 4.69) is 39.5 Å². The SMILES string of the molecule is Cc1cnn(CC(C)NCC(=O)NCCc2ccsc2)c1. The first-order valence-electron chi connectivity index (χ1n) is 7.13. The standard InChI is InChI=1S/C15H22N4OS/c1-12-7-18-19(9-12)10-13(2)17-8-15(20)16-5-3-14-4-6-21-11-14/h4,6-7,9,11,13,17H,3,5,8,10H2,1-2H3,(H,16,20). The van der Waals surface area contributed by atoms with Gasteiger partial charge >= 0.3 is 0 Å². The maximum atomic E-state index is 11.7. The molecule has 6 heteroatoms. The lowest BCUT2D eigenvalue weighted by Crippen LogP contribution is -2.40. The third kappa shape index (κ3) is 5.69. The van der Waals surface area contributed by atoms with Crippen molar-refractivity contribution >= 4 is 17.2 Å². The van der Waals surface area contributed by atoms with Crippen molar-refractivity contribution in [2.75, 3.05) is 13.1 Å². The lowest BCUT2D eigenvalue weighted by atomic mass is 10.2. The van der Waals surface area contributed by atoms with E-state index in [1.807, 2.05) is 24.0 Å². The summed E-state index contributed by atoms with van der Waals surface area (Å²) in [5.74, 6) is 0.0359. The quantitative estimate of drug-likeness (QED) is 0.778. The van der Waals surface area contributed by atoms with E-state index >= 15 is 0 Å². The van der Waals surface area contributed by atoms with E-state index in [9.17, 15) is 4.79 Å². The van der Waals surface area contributed by atoms with Gasteiger partial charge in [-0.1, -0.05) is 0 Å². The van der Waals surface area contributed by atoms with Crippen molar-refractivity contribution in [2.45, 2.75) is 32.9 Å². The molecule has 0 radical (unpaired) electrons. The van der Waals surface area contributed by atoms with Crippen LogP contribution in [0.4, 0.5) is 0 Å². The molecule has 21 heavy (non-hydrogen) atoms. The summed E-state index contributed by atoms with van der Waals surface area (Å²) >= 11 is 1.68. The zero-order valence-corrected chi connectivity index (χ0v) is 13.3. The normalized spacial score (nSPS) is 12.3. The summed E-state index contributed by atoms with van der Waals surface area (Å²) in [4.78, 5) is 11.7. The minimum absolute atomic E-state index is 0.0359. The number of hydrogen-bond donors (Lipinski definition) is 2. The molecule has 2 N–H and O–H groups in total. The van der Waals surface area contributed by atoms with Gasteiger partial charge in [0.2, 0.25) is 5.91 Å². The van der Waals surface area contributed by atoms with Gasteiger partial charge in [-0.05, 0) is 48.2 Å². The molecule has 0 fully saturated rings. The highest BCUT2D eigenvalue weighted by molar-refractivity contribution is 7.07. The number of carbonyl (C=O) groups is 1. The summed E-state index contributed by atoms with van der Waals surface area (Å²) in [6.07, 6.45) is 4.72. The van der Waals surface area contributed by atoms with E-state index in [0.717, 1.165) is 18.5 Å². The van der Waals surface area contributed by atoms with Crippen LogP contribution in [-0.2, 0) is 17.8 Å². The lowest BCUT2D eigenvalue weighted by molar-refractivity contribution is -0.120. The topological polar surface area (TPSA) is 59.0 Å². The van der Waals surface area contributed by atoms with Crippen molar-refractivity contribution in [2.24, 2.45) is 0 Å². The fourth-order valence-electron chi connectivity index (χ4n) is 2.02. The molecule has 2 aromatic heterocycles. The first-order valence-corrected chi connectivity index (χ1v) is 8.08. The zero-order chi connectivity index (χ0) is 15.1. The Hall–Kier alpha value is -1.66. The van der Waals surface area contributed by atoms with Gasteiger partial charge in [0.25, 0.3) is 0 Å². The first kappa shape index (κ1) is 15.7. The number of nitrogens with one attached hydrogen (secondary N) is 2. The Morgan fingerprint density at radius 2 is 2.38 bits per heavy atom. The highest BCUT2D eigenvalue weighted by Crippen LogP contribution is 2.05. The van der Waals surface area contributed by atoms with Crippen molar-refractivity contribution in [3.8, 4) is 0 Å². The van der Waals surface area contributed by atoms with E-state index in [1.165, 1.54) is 5.56 Å². The maximum absolute atomic E-state index is 11.7. The van der Waals surface area contributed by atoms with Gasteiger partial charge in [-0.3, -0.25) is 9.48 Å². The van der Waals surface area contributed by atoms with Crippen LogP contribution in [0.2, 0.25) is 0 Å². The van der Waals surface area contributed by atoms with Crippen LogP contribution in [0.15, 0.2) is 29.2 Å². The monoisotopic (exact) mass is 306 g/mol. The Kier molecular flexibility index (Phi) is 5.95. The highest BCUT2D eigenvalue weighted by atomic mass is 32.1. The summed E-state index contributed by atoms with van der Waals surface area (Å²) in [6, 6.07) is 2.29. The second-order valence-electron chi connectivity index (χ2n) is 5.25. The van der Waals surface area contributed by atoms with Crippen LogP contribution < -0.4 is 10.6 Å². The molecule has 0 saturated heterocycles. The third-order valence-electron chi connectivity index (χ3n) is 3.15. The molecule has 2 aromatic rings. The molecule has 0 aliphatic carbocycles. The van der Waals surface area contributed by atoms with Crippen molar-refractivity contribution in [3.05, 3.63) is 40.3 Å². The van der Waals surface area contributed by atoms with Crippen LogP contribution in [-0.4, -0.2) is 34.8 Å². The predicted molar refractivity (Wildman–Crippen MR) is 85.5 cm³/mol. The minimum Gasteiger partial charge on any atom is -0.355 e. The molecule has 0 aromatic carbocycles. The molecule has 2 rings (SSSR count). The summed E-state index contributed by atoms with van der Waals surface area (Å²) < 4.78 is 1.89. The Morgan fingerprint density at radius 3 is 3.05 bits per heavy atom. The number of nitrogens with zero attached hydrogens (tertiary/aromatic N) is 2. The molecule has 0 bridgehead atoms. The minimum atomic E-state index is 0.0359.